The van der Waals surface area contributed by atoms with Crippen molar-refractivity contribution in [3.8, 4) is 0 Å². The van der Waals surface area contributed by atoms with E-state index in [0.717, 1.165) is 12.8 Å². The summed E-state index contributed by atoms with van der Waals surface area (Å²) in [5.74, 6) is 0.0208. The molecule has 0 radical (unpaired) electrons. The zero-order valence-corrected chi connectivity index (χ0v) is 14.9. The Morgan fingerprint density at radius 1 is 1.29 bits per heavy atom. The van der Waals surface area contributed by atoms with Gasteiger partial charge < -0.3 is 10.4 Å². The normalized spacial score (nSPS) is 11.3. The van der Waals surface area contributed by atoms with Crippen molar-refractivity contribution in [3.05, 3.63) is 28.3 Å². The van der Waals surface area contributed by atoms with Gasteiger partial charge in [0.05, 0.1) is 23.0 Å². The molecular formula is C15H25N3O5S. The predicted octanol–water partition coefficient (Wildman–Crippen LogP) is 2.35. The number of benzene rings is 1. The van der Waals surface area contributed by atoms with Crippen LogP contribution < -0.4 is 9.62 Å². The van der Waals surface area contributed by atoms with Crippen LogP contribution >= 0.6 is 0 Å². The first-order chi connectivity index (χ1) is 11.4. The fraction of sp³-hybridized carbons (Fsp3) is 0.600. The molecule has 8 nitrogen and oxygen atoms in total. The van der Waals surface area contributed by atoms with Gasteiger partial charge in [0, 0.05) is 19.2 Å². The second-order valence-corrected chi connectivity index (χ2v) is 7.31. The number of unbranched alkanes of at least 4 members (excludes halogenated alkanes) is 2. The largest absolute Gasteiger partial charge is 0.395 e. The summed E-state index contributed by atoms with van der Waals surface area (Å²) in [6.45, 7) is 3.90. The van der Waals surface area contributed by atoms with E-state index < -0.39 is 14.9 Å². The third kappa shape index (κ3) is 5.34. The molecule has 0 aliphatic rings. The van der Waals surface area contributed by atoms with Gasteiger partial charge in [-0.15, -0.1) is 0 Å². The Kier molecular flexibility index (Phi) is 7.93. The van der Waals surface area contributed by atoms with Crippen molar-refractivity contribution in [1.29, 1.82) is 0 Å². The summed E-state index contributed by atoms with van der Waals surface area (Å²) in [5, 5.41) is 22.8. The highest BCUT2D eigenvalue weighted by Gasteiger charge is 2.24. The molecule has 0 spiro atoms. The second-order valence-electron chi connectivity index (χ2n) is 5.30. The number of aliphatic hydroxyl groups is 1. The van der Waals surface area contributed by atoms with E-state index in [9.17, 15) is 18.5 Å². The third-order valence-electron chi connectivity index (χ3n) is 3.52. The Hall–Kier alpha value is -1.87. The van der Waals surface area contributed by atoms with Crippen molar-refractivity contribution in [2.45, 2.75) is 33.1 Å². The topological polar surface area (TPSA) is 113 Å². The molecule has 0 heterocycles. The summed E-state index contributed by atoms with van der Waals surface area (Å²) in [4.78, 5) is 10.7. The molecule has 1 aromatic rings. The number of hydrogen-bond donors (Lipinski definition) is 2. The molecule has 0 saturated carbocycles. The molecule has 136 valence electrons. The Balaban J connectivity index is 3.13. The molecule has 0 unspecified atom stereocenters. The predicted molar refractivity (Wildman–Crippen MR) is 95.0 cm³/mol. The molecule has 9 heteroatoms. The van der Waals surface area contributed by atoms with Crippen LogP contribution in [0.2, 0.25) is 0 Å². The molecule has 24 heavy (non-hydrogen) atoms. The summed E-state index contributed by atoms with van der Waals surface area (Å²) < 4.78 is 26.2. The number of sulfonamides is 1. The third-order valence-corrected chi connectivity index (χ3v) is 5.47. The number of rotatable bonds is 11. The number of nitrogens with one attached hydrogen (secondary N) is 1. The highest BCUT2D eigenvalue weighted by molar-refractivity contribution is 7.92. The van der Waals surface area contributed by atoms with Crippen LogP contribution in [-0.4, -0.2) is 43.9 Å². The van der Waals surface area contributed by atoms with Gasteiger partial charge in [-0.05, 0) is 25.5 Å². The molecular weight excluding hydrogens is 334 g/mol. The van der Waals surface area contributed by atoms with Crippen LogP contribution in [0.1, 0.15) is 33.1 Å². The molecule has 0 saturated heterocycles. The van der Waals surface area contributed by atoms with Gasteiger partial charge in [-0.1, -0.05) is 19.8 Å². The first-order valence-electron chi connectivity index (χ1n) is 8.01. The second kappa shape index (κ2) is 9.43. The first-order valence-corrected chi connectivity index (χ1v) is 9.61. The highest BCUT2D eigenvalue weighted by Crippen LogP contribution is 2.31. The lowest BCUT2D eigenvalue weighted by Crippen LogP contribution is -2.33. The maximum atomic E-state index is 12.5. The Labute approximate surface area is 142 Å². The number of nitrogens with zero attached hydrogens (tertiary/aromatic N) is 2. The number of hydrogen-bond acceptors (Lipinski definition) is 6. The maximum Gasteiger partial charge on any atom is 0.294 e. The van der Waals surface area contributed by atoms with E-state index >= 15 is 0 Å². The van der Waals surface area contributed by atoms with Crippen molar-refractivity contribution in [1.82, 2.24) is 0 Å². The van der Waals surface area contributed by atoms with E-state index in [-0.39, 0.29) is 42.5 Å². The van der Waals surface area contributed by atoms with Gasteiger partial charge in [-0.2, -0.15) is 0 Å². The Bertz CT molecular complexity index is 649. The van der Waals surface area contributed by atoms with Gasteiger partial charge in [0.15, 0.2) is 0 Å². The van der Waals surface area contributed by atoms with E-state index in [1.807, 2.05) is 6.92 Å². The van der Waals surface area contributed by atoms with Gasteiger partial charge in [0.25, 0.3) is 5.69 Å². The lowest BCUT2D eigenvalue weighted by Gasteiger charge is -2.23. The lowest BCUT2D eigenvalue weighted by molar-refractivity contribution is -0.383. The fourth-order valence-electron chi connectivity index (χ4n) is 2.35. The molecule has 0 bridgehead atoms. The number of nitro benzene ring substituents is 1. The minimum absolute atomic E-state index is 0.0208. The smallest absolute Gasteiger partial charge is 0.294 e. The molecule has 1 aromatic carbocycles. The van der Waals surface area contributed by atoms with E-state index in [2.05, 4.69) is 5.32 Å². The van der Waals surface area contributed by atoms with Crippen LogP contribution in [0, 0.1) is 10.1 Å². The quantitative estimate of drug-likeness (QED) is 0.356. The molecule has 0 aliphatic carbocycles. The minimum Gasteiger partial charge on any atom is -0.395 e. The van der Waals surface area contributed by atoms with Crippen molar-refractivity contribution in [3.63, 3.8) is 0 Å². The van der Waals surface area contributed by atoms with Gasteiger partial charge in [0.1, 0.15) is 5.69 Å². The van der Waals surface area contributed by atoms with Crippen molar-refractivity contribution >= 4 is 27.1 Å². The SMILES string of the molecule is CCCCCS(=O)(=O)N(CC)c1ccc(NCCO)c([N+](=O)[O-])c1. The molecule has 0 aromatic heterocycles. The van der Waals surface area contributed by atoms with Crippen molar-refractivity contribution in [2.24, 2.45) is 0 Å². The van der Waals surface area contributed by atoms with E-state index in [1.54, 1.807) is 6.92 Å². The van der Waals surface area contributed by atoms with Crippen LogP contribution in [0.3, 0.4) is 0 Å². The van der Waals surface area contributed by atoms with Crippen LogP contribution in [0.15, 0.2) is 18.2 Å². The highest BCUT2D eigenvalue weighted by atomic mass is 32.2. The number of nitro groups is 1. The molecule has 0 atom stereocenters. The van der Waals surface area contributed by atoms with Crippen LogP contribution in [0.5, 0.6) is 0 Å². The van der Waals surface area contributed by atoms with Crippen molar-refractivity contribution in [2.75, 3.05) is 35.1 Å². The van der Waals surface area contributed by atoms with Crippen LogP contribution in [0.4, 0.5) is 17.1 Å². The first kappa shape index (κ1) is 20.2. The summed E-state index contributed by atoms with van der Waals surface area (Å²) in [7, 11) is -3.52. The zero-order valence-electron chi connectivity index (χ0n) is 14.1. The summed E-state index contributed by atoms with van der Waals surface area (Å²) in [5.41, 5.74) is 0.302. The van der Waals surface area contributed by atoms with Crippen molar-refractivity contribution < 1.29 is 18.4 Å². The van der Waals surface area contributed by atoms with E-state index in [0.29, 0.717) is 6.42 Å². The molecule has 0 aliphatic heterocycles. The lowest BCUT2D eigenvalue weighted by atomic mass is 10.2. The standard InChI is InChI=1S/C15H25N3O5S/c1-3-5-6-11-24(22,23)17(4-2)13-7-8-14(16-9-10-19)15(12-13)18(20)21/h7-8,12,16,19H,3-6,9-11H2,1-2H3. The fourth-order valence-corrected chi connectivity index (χ4v) is 3.97. The van der Waals surface area contributed by atoms with E-state index in [1.165, 1.54) is 22.5 Å². The van der Waals surface area contributed by atoms with Crippen LogP contribution in [-0.2, 0) is 10.0 Å². The average Bonchev–Trinajstić information content (AvgIpc) is 2.53. The van der Waals surface area contributed by atoms with Gasteiger partial charge in [-0.25, -0.2) is 8.42 Å². The number of aliphatic hydroxyl groups excluding tert-OH is 1. The molecule has 0 fully saturated rings. The average molecular weight is 359 g/mol. The van der Waals surface area contributed by atoms with Gasteiger partial charge in [0.2, 0.25) is 10.0 Å². The van der Waals surface area contributed by atoms with Gasteiger partial charge in [-0.3, -0.25) is 14.4 Å². The van der Waals surface area contributed by atoms with Gasteiger partial charge >= 0.3 is 0 Å². The van der Waals surface area contributed by atoms with E-state index in [4.69, 9.17) is 5.11 Å². The maximum absolute atomic E-state index is 12.5. The summed E-state index contributed by atoms with van der Waals surface area (Å²) >= 11 is 0. The summed E-state index contributed by atoms with van der Waals surface area (Å²) in [6.07, 6.45) is 2.30. The Morgan fingerprint density at radius 2 is 2.00 bits per heavy atom. The summed E-state index contributed by atoms with van der Waals surface area (Å²) in [6, 6.07) is 4.25. The van der Waals surface area contributed by atoms with Crippen LogP contribution in [0.25, 0.3) is 0 Å². The number of anilines is 2. The minimum atomic E-state index is -3.52. The molecule has 2 N–H and O–H groups in total. The molecule has 0 amide bonds. The monoisotopic (exact) mass is 359 g/mol. The molecule has 1 rings (SSSR count). The zero-order chi connectivity index (χ0) is 18.2. The Morgan fingerprint density at radius 3 is 2.54 bits per heavy atom.